The van der Waals surface area contributed by atoms with Crippen LogP contribution in [0.25, 0.3) is 0 Å². The van der Waals surface area contributed by atoms with Crippen LogP contribution in [-0.4, -0.2) is 60.9 Å². The van der Waals surface area contributed by atoms with Gasteiger partial charge in [-0.05, 0) is 31.4 Å². The summed E-state index contributed by atoms with van der Waals surface area (Å²) in [5, 5.41) is 2.72. The number of carbonyl (C=O) groups is 2. The summed E-state index contributed by atoms with van der Waals surface area (Å²) in [5.74, 6) is -0.181. The van der Waals surface area contributed by atoms with Gasteiger partial charge in [0.1, 0.15) is 0 Å². The second-order valence-electron chi connectivity index (χ2n) is 7.21. The third kappa shape index (κ3) is 6.16. The van der Waals surface area contributed by atoms with Crippen molar-refractivity contribution in [2.75, 3.05) is 33.2 Å². The van der Waals surface area contributed by atoms with Crippen LogP contribution in [0.5, 0.6) is 0 Å². The molecule has 0 spiro atoms. The molecule has 2 rings (SSSR count). The van der Waals surface area contributed by atoms with Crippen molar-refractivity contribution in [1.29, 1.82) is 0 Å². The van der Waals surface area contributed by atoms with Gasteiger partial charge < -0.3 is 15.1 Å². The summed E-state index contributed by atoms with van der Waals surface area (Å²) < 4.78 is 0. The van der Waals surface area contributed by atoms with E-state index < -0.39 is 0 Å². The minimum atomic E-state index is -0.0961. The minimum Gasteiger partial charge on any atom is -0.347 e. The van der Waals surface area contributed by atoms with Crippen LogP contribution in [0, 0.1) is 5.92 Å². The molecule has 1 atom stereocenters. The first-order chi connectivity index (χ1) is 12.0. The average molecular weight is 345 g/mol. The number of amides is 2. The van der Waals surface area contributed by atoms with Gasteiger partial charge in [-0.25, -0.2) is 0 Å². The number of carbonyl (C=O) groups excluding carboxylic acids is 2. The summed E-state index contributed by atoms with van der Waals surface area (Å²) in [6.07, 6.45) is 3.17. The first kappa shape index (κ1) is 19.4. The van der Waals surface area contributed by atoms with E-state index in [0.717, 1.165) is 38.9 Å². The van der Waals surface area contributed by atoms with Crippen LogP contribution < -0.4 is 5.32 Å². The van der Waals surface area contributed by atoms with E-state index in [1.54, 1.807) is 0 Å². The van der Waals surface area contributed by atoms with Crippen LogP contribution >= 0.6 is 0 Å². The number of likely N-dealkylation sites (N-methyl/N-ethyl adjacent to an activating group) is 1. The Labute approximate surface area is 151 Å². The Hall–Kier alpha value is -1.88. The normalized spacial score (nSPS) is 18.2. The molecule has 0 bridgehead atoms. The lowest BCUT2D eigenvalue weighted by Crippen LogP contribution is -2.51. The third-order valence-corrected chi connectivity index (χ3v) is 4.92. The van der Waals surface area contributed by atoms with Gasteiger partial charge in [0.15, 0.2) is 0 Å². The van der Waals surface area contributed by atoms with Crippen molar-refractivity contribution in [2.24, 2.45) is 5.92 Å². The van der Waals surface area contributed by atoms with Gasteiger partial charge >= 0.3 is 0 Å². The highest BCUT2D eigenvalue weighted by Crippen LogP contribution is 2.15. The van der Waals surface area contributed by atoms with E-state index in [-0.39, 0.29) is 30.3 Å². The number of likely N-dealkylation sites (tertiary alicyclic amines) is 1. The zero-order chi connectivity index (χ0) is 18.2. The molecule has 1 aromatic carbocycles. The summed E-state index contributed by atoms with van der Waals surface area (Å²) in [6, 6.07) is 10.7. The van der Waals surface area contributed by atoms with Crippen molar-refractivity contribution in [3.63, 3.8) is 0 Å². The topological polar surface area (TPSA) is 52.7 Å². The van der Waals surface area contributed by atoms with Crippen LogP contribution in [-0.2, 0) is 16.0 Å². The lowest BCUT2D eigenvalue weighted by Gasteiger charge is -2.37. The fraction of sp³-hybridized carbons (Fsp3) is 0.600. The number of nitrogens with zero attached hydrogens (tertiary/aromatic N) is 2. The monoisotopic (exact) mass is 345 g/mol. The molecule has 0 unspecified atom stereocenters. The summed E-state index contributed by atoms with van der Waals surface area (Å²) in [5.41, 5.74) is 1.35. The Morgan fingerprint density at radius 2 is 2.00 bits per heavy atom. The lowest BCUT2D eigenvalue weighted by molar-refractivity contribution is -0.135. The Morgan fingerprint density at radius 1 is 1.28 bits per heavy atom. The molecule has 0 aromatic heterocycles. The molecule has 138 valence electrons. The molecule has 1 N–H and O–H groups in total. The van der Waals surface area contributed by atoms with E-state index in [0.29, 0.717) is 0 Å². The molecule has 2 amide bonds. The molecule has 0 saturated carbocycles. The van der Waals surface area contributed by atoms with E-state index in [1.807, 2.05) is 31.9 Å². The maximum absolute atomic E-state index is 12.3. The number of hydrogen-bond acceptors (Lipinski definition) is 3. The van der Waals surface area contributed by atoms with Gasteiger partial charge in [-0.1, -0.05) is 44.2 Å². The molecule has 0 radical (unpaired) electrons. The zero-order valence-electron chi connectivity index (χ0n) is 15.7. The van der Waals surface area contributed by atoms with Gasteiger partial charge in [-0.3, -0.25) is 9.59 Å². The molecule has 1 fully saturated rings. The lowest BCUT2D eigenvalue weighted by atomic mass is 10.0. The largest absolute Gasteiger partial charge is 0.347 e. The second-order valence-corrected chi connectivity index (χ2v) is 7.21. The highest BCUT2D eigenvalue weighted by molar-refractivity contribution is 5.85. The number of benzene rings is 1. The first-order valence-electron chi connectivity index (χ1n) is 9.27. The predicted octanol–water partition coefficient (Wildman–Crippen LogP) is 1.92. The summed E-state index contributed by atoms with van der Waals surface area (Å²) in [7, 11) is 1.86. The van der Waals surface area contributed by atoms with Crippen LogP contribution in [0.3, 0.4) is 0 Å². The predicted molar refractivity (Wildman–Crippen MR) is 100 cm³/mol. The van der Waals surface area contributed by atoms with Crippen molar-refractivity contribution >= 4 is 11.8 Å². The number of piperidine rings is 1. The van der Waals surface area contributed by atoms with E-state index in [1.165, 1.54) is 5.56 Å². The highest BCUT2D eigenvalue weighted by atomic mass is 16.2. The summed E-state index contributed by atoms with van der Waals surface area (Å²) in [6.45, 7) is 6.77. The quantitative estimate of drug-likeness (QED) is 0.821. The van der Waals surface area contributed by atoms with Gasteiger partial charge in [0, 0.05) is 32.1 Å². The summed E-state index contributed by atoms with van der Waals surface area (Å²) >= 11 is 0. The van der Waals surface area contributed by atoms with Crippen molar-refractivity contribution in [1.82, 2.24) is 15.1 Å². The van der Waals surface area contributed by atoms with Crippen LogP contribution in [0.15, 0.2) is 30.3 Å². The molecule has 1 aliphatic rings. The molecule has 25 heavy (non-hydrogen) atoms. The molecule has 1 heterocycles. The van der Waals surface area contributed by atoms with E-state index >= 15 is 0 Å². The van der Waals surface area contributed by atoms with Crippen molar-refractivity contribution < 1.29 is 9.59 Å². The average Bonchev–Trinajstić information content (AvgIpc) is 2.64. The molecule has 5 nitrogen and oxygen atoms in total. The van der Waals surface area contributed by atoms with E-state index in [9.17, 15) is 9.59 Å². The zero-order valence-corrected chi connectivity index (χ0v) is 15.7. The van der Waals surface area contributed by atoms with E-state index in [4.69, 9.17) is 0 Å². The number of rotatable bonds is 7. The van der Waals surface area contributed by atoms with Gasteiger partial charge in [-0.2, -0.15) is 0 Å². The molecule has 5 heteroatoms. The first-order valence-corrected chi connectivity index (χ1v) is 9.27. The van der Waals surface area contributed by atoms with Crippen molar-refractivity contribution in [2.45, 2.75) is 39.2 Å². The van der Waals surface area contributed by atoms with Crippen LogP contribution in [0.1, 0.15) is 32.3 Å². The Morgan fingerprint density at radius 3 is 2.68 bits per heavy atom. The maximum atomic E-state index is 12.3. The standard InChI is InChI=1S/C20H31N3O2/c1-16(2)20(25)21-14-19(24)22(3)18-10-7-12-23(15-18)13-11-17-8-5-4-6-9-17/h4-6,8-9,16,18H,7,10-15H2,1-3H3,(H,21,25)/t18-/m0/s1. The van der Waals surface area contributed by atoms with Gasteiger partial charge in [-0.15, -0.1) is 0 Å². The fourth-order valence-electron chi connectivity index (χ4n) is 3.18. The van der Waals surface area contributed by atoms with Crippen LogP contribution in [0.2, 0.25) is 0 Å². The Balaban J connectivity index is 1.78. The number of nitrogens with one attached hydrogen (secondary N) is 1. The molecule has 0 aliphatic carbocycles. The molecule has 1 aliphatic heterocycles. The van der Waals surface area contributed by atoms with Gasteiger partial charge in [0.2, 0.25) is 11.8 Å². The van der Waals surface area contributed by atoms with Crippen molar-refractivity contribution in [3.05, 3.63) is 35.9 Å². The van der Waals surface area contributed by atoms with Gasteiger partial charge in [0.05, 0.1) is 6.54 Å². The molecular formula is C20H31N3O2. The van der Waals surface area contributed by atoms with E-state index in [2.05, 4.69) is 34.5 Å². The SMILES string of the molecule is CC(C)C(=O)NCC(=O)N(C)[C@H]1CCCN(CCc2ccccc2)C1. The van der Waals surface area contributed by atoms with Gasteiger partial charge in [0.25, 0.3) is 0 Å². The minimum absolute atomic E-state index is 0.0103. The number of hydrogen-bond donors (Lipinski definition) is 1. The van der Waals surface area contributed by atoms with Crippen molar-refractivity contribution in [3.8, 4) is 0 Å². The fourth-order valence-corrected chi connectivity index (χ4v) is 3.18. The second kappa shape index (κ2) is 9.56. The summed E-state index contributed by atoms with van der Waals surface area (Å²) in [4.78, 5) is 28.2. The smallest absolute Gasteiger partial charge is 0.242 e. The Kier molecular flexibility index (Phi) is 7.44. The maximum Gasteiger partial charge on any atom is 0.242 e. The molecular weight excluding hydrogens is 314 g/mol. The molecule has 1 saturated heterocycles. The Bertz CT molecular complexity index is 559. The highest BCUT2D eigenvalue weighted by Gasteiger charge is 2.26. The molecule has 1 aromatic rings. The van der Waals surface area contributed by atoms with Crippen LogP contribution in [0.4, 0.5) is 0 Å². The third-order valence-electron chi connectivity index (χ3n) is 4.92.